The predicted octanol–water partition coefficient (Wildman–Crippen LogP) is 1.90. The summed E-state index contributed by atoms with van der Waals surface area (Å²) in [5.74, 6) is 0. The van der Waals surface area contributed by atoms with E-state index in [1.165, 1.54) is 0 Å². The summed E-state index contributed by atoms with van der Waals surface area (Å²) in [5.41, 5.74) is 0. The maximum Gasteiger partial charge on any atom is 0.177 e. The number of nitrogens with zero attached hydrogens (tertiary/aromatic N) is 3. The highest BCUT2D eigenvalue weighted by Gasteiger charge is 2.26. The van der Waals surface area contributed by atoms with E-state index in [9.17, 15) is 0 Å². The molecular formula is C8H18N3P. The fraction of sp³-hybridized carbons (Fsp3) is 0.750. The van der Waals surface area contributed by atoms with Gasteiger partial charge in [0.15, 0.2) is 8.37 Å². The van der Waals surface area contributed by atoms with Crippen molar-refractivity contribution in [1.29, 1.82) is 0 Å². The highest BCUT2D eigenvalue weighted by molar-refractivity contribution is 7.50. The molecule has 0 atom stereocenters. The Morgan fingerprint density at radius 2 is 1.50 bits per heavy atom. The van der Waals surface area contributed by atoms with Crippen molar-refractivity contribution in [3.8, 4) is 0 Å². The van der Waals surface area contributed by atoms with Gasteiger partial charge in [-0.2, -0.15) is 0 Å². The van der Waals surface area contributed by atoms with Crippen molar-refractivity contribution >= 4 is 8.37 Å². The summed E-state index contributed by atoms with van der Waals surface area (Å²) in [6.07, 6.45) is 4.29. The molecule has 1 aliphatic heterocycles. The fourth-order valence-corrected chi connectivity index (χ4v) is 3.52. The quantitative estimate of drug-likeness (QED) is 0.625. The van der Waals surface area contributed by atoms with Crippen LogP contribution in [0.15, 0.2) is 12.4 Å². The minimum absolute atomic E-state index is 0.242. The van der Waals surface area contributed by atoms with E-state index in [-0.39, 0.29) is 8.37 Å². The van der Waals surface area contributed by atoms with Crippen LogP contribution in [0.5, 0.6) is 0 Å². The van der Waals surface area contributed by atoms with Crippen molar-refractivity contribution in [2.75, 3.05) is 27.2 Å². The van der Waals surface area contributed by atoms with E-state index in [0.717, 1.165) is 13.1 Å². The van der Waals surface area contributed by atoms with E-state index >= 15 is 0 Å². The minimum atomic E-state index is -0.242. The summed E-state index contributed by atoms with van der Waals surface area (Å²) in [6.45, 7) is 6.68. The summed E-state index contributed by atoms with van der Waals surface area (Å²) in [5, 5.41) is 0. The molecule has 0 aromatic heterocycles. The molecule has 0 radical (unpaired) electrons. The highest BCUT2D eigenvalue weighted by Crippen LogP contribution is 2.49. The number of hydrogen-bond acceptors (Lipinski definition) is 3. The molecule has 0 aromatic carbocycles. The summed E-state index contributed by atoms with van der Waals surface area (Å²) in [4.78, 5) is 0. The van der Waals surface area contributed by atoms with Gasteiger partial charge in [-0.15, -0.1) is 0 Å². The second kappa shape index (κ2) is 4.11. The standard InChI is InChI=1S/C8H18N3P/c1-5-11(6-2)12-9(3)7-8-10(12)4/h7-8H,5-6H2,1-4H3. The normalized spacial score (nSPS) is 18.4. The van der Waals surface area contributed by atoms with Gasteiger partial charge < -0.3 is 9.34 Å². The molecule has 0 saturated carbocycles. The van der Waals surface area contributed by atoms with Crippen LogP contribution in [0.4, 0.5) is 0 Å². The Balaban J connectivity index is 2.60. The first kappa shape index (κ1) is 9.82. The first-order valence-electron chi connectivity index (χ1n) is 4.39. The molecular weight excluding hydrogens is 169 g/mol. The van der Waals surface area contributed by atoms with Gasteiger partial charge in [0.2, 0.25) is 0 Å². The average molecular weight is 187 g/mol. The Hall–Kier alpha value is -0.270. The van der Waals surface area contributed by atoms with Gasteiger partial charge in [-0.1, -0.05) is 13.8 Å². The lowest BCUT2D eigenvalue weighted by Gasteiger charge is -2.35. The van der Waals surface area contributed by atoms with E-state index in [1.807, 2.05) is 0 Å². The Morgan fingerprint density at radius 1 is 1.08 bits per heavy atom. The minimum Gasteiger partial charge on any atom is -0.330 e. The summed E-state index contributed by atoms with van der Waals surface area (Å²) >= 11 is 0. The van der Waals surface area contributed by atoms with Gasteiger partial charge in [0.25, 0.3) is 0 Å². The molecule has 0 unspecified atom stereocenters. The smallest absolute Gasteiger partial charge is 0.177 e. The van der Waals surface area contributed by atoms with Crippen molar-refractivity contribution < 1.29 is 0 Å². The van der Waals surface area contributed by atoms with E-state index in [1.54, 1.807) is 0 Å². The molecule has 0 bridgehead atoms. The Bertz CT molecular complexity index is 156. The van der Waals surface area contributed by atoms with Crippen LogP contribution in [0.25, 0.3) is 0 Å². The summed E-state index contributed by atoms with van der Waals surface area (Å²) in [7, 11) is 4.04. The third-order valence-corrected chi connectivity index (χ3v) is 4.51. The maximum absolute atomic E-state index is 2.48. The maximum atomic E-state index is 2.48. The summed E-state index contributed by atoms with van der Waals surface area (Å²) < 4.78 is 7.07. The van der Waals surface area contributed by atoms with Crippen LogP contribution < -0.4 is 0 Å². The van der Waals surface area contributed by atoms with E-state index in [2.05, 4.69) is 54.4 Å². The molecule has 0 amide bonds. The number of rotatable bonds is 3. The van der Waals surface area contributed by atoms with Crippen molar-refractivity contribution in [2.24, 2.45) is 0 Å². The van der Waals surface area contributed by atoms with E-state index in [0.29, 0.717) is 0 Å². The van der Waals surface area contributed by atoms with Crippen molar-refractivity contribution in [2.45, 2.75) is 13.8 Å². The molecule has 1 heterocycles. The Kier molecular flexibility index (Phi) is 3.36. The zero-order chi connectivity index (χ0) is 9.14. The van der Waals surface area contributed by atoms with Gasteiger partial charge in [-0.05, 0) is 0 Å². The zero-order valence-corrected chi connectivity index (χ0v) is 9.25. The van der Waals surface area contributed by atoms with Gasteiger partial charge in [-0.3, -0.25) is 0 Å². The lowest BCUT2D eigenvalue weighted by Crippen LogP contribution is -2.26. The first-order valence-corrected chi connectivity index (χ1v) is 5.59. The van der Waals surface area contributed by atoms with Crippen LogP contribution in [0.2, 0.25) is 0 Å². The second-order valence-corrected chi connectivity index (χ2v) is 5.22. The SMILES string of the molecule is CCN(CC)P1N(C)C=CN1C. The fourth-order valence-electron chi connectivity index (χ4n) is 1.41. The lowest BCUT2D eigenvalue weighted by atomic mass is 10.7. The lowest BCUT2D eigenvalue weighted by molar-refractivity contribution is 0.454. The zero-order valence-electron chi connectivity index (χ0n) is 8.36. The van der Waals surface area contributed by atoms with E-state index in [4.69, 9.17) is 0 Å². The van der Waals surface area contributed by atoms with Gasteiger partial charge in [0.05, 0.1) is 0 Å². The van der Waals surface area contributed by atoms with Crippen LogP contribution in [0.3, 0.4) is 0 Å². The molecule has 0 saturated heterocycles. The second-order valence-electron chi connectivity index (χ2n) is 2.85. The molecule has 1 aliphatic rings. The molecule has 12 heavy (non-hydrogen) atoms. The van der Waals surface area contributed by atoms with Crippen LogP contribution in [0.1, 0.15) is 13.8 Å². The third-order valence-electron chi connectivity index (χ3n) is 2.05. The molecule has 0 aliphatic carbocycles. The number of hydrogen-bond donors (Lipinski definition) is 0. The van der Waals surface area contributed by atoms with Crippen LogP contribution >= 0.6 is 8.37 Å². The van der Waals surface area contributed by atoms with E-state index < -0.39 is 0 Å². The average Bonchev–Trinajstić information content (AvgIpc) is 2.38. The monoisotopic (exact) mass is 187 g/mol. The summed E-state index contributed by atoms with van der Waals surface area (Å²) in [6, 6.07) is 0. The van der Waals surface area contributed by atoms with Crippen molar-refractivity contribution in [3.05, 3.63) is 12.4 Å². The van der Waals surface area contributed by atoms with Gasteiger partial charge in [-0.25, -0.2) is 4.67 Å². The predicted molar refractivity (Wildman–Crippen MR) is 54.5 cm³/mol. The molecule has 4 heteroatoms. The van der Waals surface area contributed by atoms with Crippen LogP contribution in [-0.4, -0.2) is 41.2 Å². The topological polar surface area (TPSA) is 9.72 Å². The van der Waals surface area contributed by atoms with Gasteiger partial charge in [0, 0.05) is 39.6 Å². The van der Waals surface area contributed by atoms with Gasteiger partial charge >= 0.3 is 0 Å². The molecule has 0 fully saturated rings. The molecule has 0 aromatic rings. The van der Waals surface area contributed by atoms with Gasteiger partial charge in [0.1, 0.15) is 0 Å². The third kappa shape index (κ3) is 1.73. The van der Waals surface area contributed by atoms with Crippen LogP contribution in [-0.2, 0) is 0 Å². The molecule has 70 valence electrons. The Labute approximate surface area is 76.5 Å². The largest absolute Gasteiger partial charge is 0.330 e. The van der Waals surface area contributed by atoms with Crippen LogP contribution in [0, 0.1) is 0 Å². The highest BCUT2D eigenvalue weighted by atomic mass is 31.2. The molecule has 0 N–H and O–H groups in total. The molecule has 0 spiro atoms. The van der Waals surface area contributed by atoms with Crippen molar-refractivity contribution in [1.82, 2.24) is 14.0 Å². The molecule has 3 nitrogen and oxygen atoms in total. The first-order chi connectivity index (χ1) is 5.70. The van der Waals surface area contributed by atoms with Crippen molar-refractivity contribution in [3.63, 3.8) is 0 Å². The Morgan fingerprint density at radius 3 is 1.83 bits per heavy atom. The molecule has 1 rings (SSSR count).